The third-order valence-electron chi connectivity index (χ3n) is 5.15. The first-order valence-corrected chi connectivity index (χ1v) is 8.22. The van der Waals surface area contributed by atoms with Gasteiger partial charge in [-0.3, -0.25) is 19.7 Å². The molecule has 0 aromatic heterocycles. The molecule has 0 N–H and O–H groups in total. The van der Waals surface area contributed by atoms with Crippen LogP contribution in [0.3, 0.4) is 0 Å². The van der Waals surface area contributed by atoms with Crippen LogP contribution in [-0.4, -0.2) is 30.3 Å². The summed E-state index contributed by atoms with van der Waals surface area (Å²) in [5.41, 5.74) is -0.832. The summed E-state index contributed by atoms with van der Waals surface area (Å²) in [7, 11) is 1.22. The summed E-state index contributed by atoms with van der Waals surface area (Å²) < 4.78 is 4.92. The fraction of sp³-hybridized carbons (Fsp3) is 0.368. The Labute approximate surface area is 144 Å². The average Bonchev–Trinajstić information content (AvgIpc) is 3.00. The van der Waals surface area contributed by atoms with E-state index in [1.54, 1.807) is 12.1 Å². The van der Waals surface area contributed by atoms with Crippen molar-refractivity contribution < 1.29 is 19.2 Å². The molecule has 1 saturated carbocycles. The van der Waals surface area contributed by atoms with Gasteiger partial charge in [0.05, 0.1) is 13.0 Å². The molecule has 0 heterocycles. The van der Waals surface area contributed by atoms with Crippen LogP contribution in [0.1, 0.15) is 30.7 Å². The molecule has 1 aliphatic carbocycles. The second-order valence-electron chi connectivity index (χ2n) is 6.38. The van der Waals surface area contributed by atoms with Crippen LogP contribution in [0.15, 0.2) is 42.5 Å². The van der Waals surface area contributed by atoms with Crippen LogP contribution in [0.4, 0.5) is 0 Å². The first-order chi connectivity index (χ1) is 12.0. The lowest BCUT2D eigenvalue weighted by Gasteiger charge is -2.32. The fourth-order valence-corrected chi connectivity index (χ4v) is 4.02. The van der Waals surface area contributed by atoms with Crippen molar-refractivity contribution in [3.05, 3.63) is 58.1 Å². The van der Waals surface area contributed by atoms with Gasteiger partial charge in [0.15, 0.2) is 5.78 Å². The minimum Gasteiger partial charge on any atom is -0.468 e. The zero-order valence-corrected chi connectivity index (χ0v) is 13.9. The Morgan fingerprint density at radius 3 is 2.64 bits per heavy atom. The Bertz CT molecular complexity index is 841. The highest BCUT2D eigenvalue weighted by atomic mass is 16.6. The molecule has 0 aliphatic heterocycles. The summed E-state index contributed by atoms with van der Waals surface area (Å²) in [5, 5.41) is 13.1. The molecule has 0 unspecified atom stereocenters. The molecule has 0 amide bonds. The fourth-order valence-electron chi connectivity index (χ4n) is 4.02. The predicted octanol–water partition coefficient (Wildman–Crippen LogP) is 3.11. The van der Waals surface area contributed by atoms with Gasteiger partial charge in [-0.2, -0.15) is 0 Å². The van der Waals surface area contributed by atoms with Crippen LogP contribution in [0, 0.1) is 15.5 Å². The summed E-state index contributed by atoms with van der Waals surface area (Å²) in [6.07, 6.45) is 1.06. The molecular formula is C19H19NO5. The van der Waals surface area contributed by atoms with Crippen molar-refractivity contribution in [2.24, 2.45) is 5.41 Å². The lowest BCUT2D eigenvalue weighted by molar-refractivity contribution is -0.485. The van der Waals surface area contributed by atoms with Crippen molar-refractivity contribution >= 4 is 22.5 Å². The van der Waals surface area contributed by atoms with Gasteiger partial charge in [0.1, 0.15) is 5.41 Å². The van der Waals surface area contributed by atoms with E-state index in [4.69, 9.17) is 4.74 Å². The lowest BCUT2D eigenvalue weighted by atomic mass is 9.69. The number of Topliss-reactive ketones (excluding diaryl/α,β-unsaturated/α-hetero) is 1. The van der Waals surface area contributed by atoms with Crippen molar-refractivity contribution in [1.82, 2.24) is 0 Å². The van der Waals surface area contributed by atoms with E-state index >= 15 is 0 Å². The smallest absolute Gasteiger partial charge is 0.320 e. The highest BCUT2D eigenvalue weighted by molar-refractivity contribution is 6.07. The molecule has 130 valence electrons. The number of esters is 1. The largest absolute Gasteiger partial charge is 0.468 e. The average molecular weight is 341 g/mol. The van der Waals surface area contributed by atoms with Crippen LogP contribution < -0.4 is 0 Å². The summed E-state index contributed by atoms with van der Waals surface area (Å²) in [6, 6.07) is 13.0. The third-order valence-corrected chi connectivity index (χ3v) is 5.15. The van der Waals surface area contributed by atoms with E-state index in [1.807, 2.05) is 30.3 Å². The number of hydrogen-bond acceptors (Lipinski definition) is 5. The van der Waals surface area contributed by atoms with Gasteiger partial charge in [0.2, 0.25) is 6.54 Å². The number of hydrogen-bond donors (Lipinski definition) is 0. The number of benzene rings is 2. The Balaban J connectivity index is 2.25. The van der Waals surface area contributed by atoms with Crippen molar-refractivity contribution in [3.63, 3.8) is 0 Å². The quantitative estimate of drug-likeness (QED) is 0.361. The molecule has 0 spiro atoms. The zero-order valence-electron chi connectivity index (χ0n) is 13.9. The maximum Gasteiger partial charge on any atom is 0.320 e. The molecule has 6 heteroatoms. The number of carbonyl (C=O) groups is 2. The van der Waals surface area contributed by atoms with Gasteiger partial charge in [-0.05, 0) is 29.2 Å². The van der Waals surface area contributed by atoms with E-state index in [2.05, 4.69) is 0 Å². The number of nitro groups is 1. The number of methoxy groups -OCH3 is 1. The highest BCUT2D eigenvalue weighted by Gasteiger charge is 2.57. The molecule has 0 radical (unpaired) electrons. The van der Waals surface area contributed by atoms with Gasteiger partial charge < -0.3 is 4.74 Å². The minimum atomic E-state index is -1.48. The monoisotopic (exact) mass is 341 g/mol. The predicted molar refractivity (Wildman–Crippen MR) is 91.9 cm³/mol. The van der Waals surface area contributed by atoms with Crippen LogP contribution >= 0.6 is 0 Å². The van der Waals surface area contributed by atoms with Gasteiger partial charge in [-0.15, -0.1) is 0 Å². The van der Waals surface area contributed by atoms with E-state index in [0.717, 1.165) is 10.8 Å². The third kappa shape index (κ3) is 2.77. The summed E-state index contributed by atoms with van der Waals surface area (Å²) >= 11 is 0. The van der Waals surface area contributed by atoms with Gasteiger partial charge in [-0.1, -0.05) is 42.5 Å². The molecule has 2 aromatic rings. The normalized spacial score (nSPS) is 21.2. The Morgan fingerprint density at radius 2 is 2.00 bits per heavy atom. The van der Waals surface area contributed by atoms with Crippen LogP contribution in [0.2, 0.25) is 0 Å². The second kappa shape index (κ2) is 6.63. The zero-order chi connectivity index (χ0) is 18.0. The molecule has 3 rings (SSSR count). The van der Waals surface area contributed by atoms with E-state index in [1.165, 1.54) is 7.11 Å². The van der Waals surface area contributed by atoms with Gasteiger partial charge in [0.25, 0.3) is 0 Å². The Kier molecular flexibility index (Phi) is 4.53. The lowest BCUT2D eigenvalue weighted by Crippen LogP contribution is -2.44. The molecule has 25 heavy (non-hydrogen) atoms. The molecule has 2 aromatic carbocycles. The van der Waals surface area contributed by atoms with Crippen molar-refractivity contribution in [1.29, 1.82) is 0 Å². The van der Waals surface area contributed by atoms with Crippen LogP contribution in [0.5, 0.6) is 0 Å². The molecule has 2 atom stereocenters. The maximum atomic E-state index is 12.7. The first-order valence-electron chi connectivity index (χ1n) is 8.22. The molecule has 6 nitrogen and oxygen atoms in total. The molecule has 0 saturated heterocycles. The molecule has 1 fully saturated rings. The standard InChI is InChI=1S/C19H19NO5/c1-25-18(22)19(11-5-10-17(19)21)16(12-20(23)24)15-9-4-7-13-6-2-3-8-14(13)15/h2-4,6-9,16H,5,10-12H2,1H3/t16-,19+/m0/s1. The van der Waals surface area contributed by atoms with Crippen molar-refractivity contribution in [2.45, 2.75) is 25.2 Å². The Morgan fingerprint density at radius 1 is 1.28 bits per heavy atom. The number of fused-ring (bicyclic) bond motifs is 1. The Hall–Kier alpha value is -2.76. The molecular weight excluding hydrogens is 322 g/mol. The van der Waals surface area contributed by atoms with E-state index < -0.39 is 28.8 Å². The SMILES string of the molecule is COC(=O)[C@@]1([C@@H](C[N+](=O)[O-])c2cccc3ccccc23)CCCC1=O. The first kappa shape index (κ1) is 17.1. The maximum absolute atomic E-state index is 12.7. The van der Waals surface area contributed by atoms with Crippen LogP contribution in [-0.2, 0) is 14.3 Å². The van der Waals surface area contributed by atoms with Crippen LogP contribution in [0.25, 0.3) is 10.8 Å². The number of rotatable bonds is 5. The van der Waals surface area contributed by atoms with Gasteiger partial charge in [-0.25, -0.2) is 0 Å². The number of carbonyl (C=O) groups excluding carboxylic acids is 2. The topological polar surface area (TPSA) is 86.5 Å². The summed E-state index contributed by atoms with van der Waals surface area (Å²) in [5.74, 6) is -1.79. The van der Waals surface area contributed by atoms with Crippen molar-refractivity contribution in [2.75, 3.05) is 13.7 Å². The minimum absolute atomic E-state index is 0.244. The van der Waals surface area contributed by atoms with Crippen molar-refractivity contribution in [3.8, 4) is 0 Å². The van der Waals surface area contributed by atoms with Gasteiger partial charge >= 0.3 is 5.97 Å². The number of ketones is 1. The van der Waals surface area contributed by atoms with E-state index in [-0.39, 0.29) is 18.6 Å². The van der Waals surface area contributed by atoms with E-state index in [0.29, 0.717) is 12.0 Å². The highest BCUT2D eigenvalue weighted by Crippen LogP contribution is 2.49. The molecule has 1 aliphatic rings. The number of ether oxygens (including phenoxy) is 1. The van der Waals surface area contributed by atoms with E-state index in [9.17, 15) is 19.7 Å². The summed E-state index contributed by atoms with van der Waals surface area (Å²) in [4.78, 5) is 36.2. The van der Waals surface area contributed by atoms with Gasteiger partial charge in [0, 0.05) is 11.3 Å². The second-order valence-corrected chi connectivity index (χ2v) is 6.38. The number of nitrogens with zero attached hydrogens (tertiary/aromatic N) is 1. The molecule has 0 bridgehead atoms. The summed E-state index contributed by atoms with van der Waals surface area (Å²) in [6.45, 7) is -0.491.